The molecule has 1 amide bonds. The molecule has 0 unspecified atom stereocenters. The minimum atomic E-state index is 0.0926. The van der Waals surface area contributed by atoms with Crippen LogP contribution in [0.2, 0.25) is 0 Å². The molecule has 2 aliphatic rings. The first kappa shape index (κ1) is 12.1. The summed E-state index contributed by atoms with van der Waals surface area (Å²) in [4.78, 5) is 21.4. The van der Waals surface area contributed by atoms with Crippen molar-refractivity contribution in [1.29, 1.82) is 0 Å². The van der Waals surface area contributed by atoms with Crippen molar-refractivity contribution in [3.05, 3.63) is 40.6 Å². The number of hydrogen-bond acceptors (Lipinski definition) is 4. The molecule has 0 aromatic carbocycles. The van der Waals surface area contributed by atoms with Gasteiger partial charge in [-0.25, -0.2) is 4.98 Å². The standard InChI is InChI=1S/C14H15N3O2S/c18-14(9-1-2-15-6-9)17-7-10-5-11(19-12(10)8-17)13-16-3-4-20-13/h1-4,6,10-12,15H,5,7-8H2/t10-,11+,12+/m0/s1. The predicted molar refractivity (Wildman–Crippen MR) is 74.5 cm³/mol. The molecule has 20 heavy (non-hydrogen) atoms. The molecule has 0 saturated carbocycles. The highest BCUT2D eigenvalue weighted by molar-refractivity contribution is 7.09. The SMILES string of the molecule is O=C(c1cc[nH]c1)N1C[C@@H]2C[C@H](c3nccs3)O[C@@H]2C1. The highest BCUT2D eigenvalue weighted by Crippen LogP contribution is 2.41. The second-order valence-electron chi connectivity index (χ2n) is 5.34. The summed E-state index contributed by atoms with van der Waals surface area (Å²) in [7, 11) is 0. The lowest BCUT2D eigenvalue weighted by Crippen LogP contribution is -2.30. The van der Waals surface area contributed by atoms with Gasteiger partial charge in [0.1, 0.15) is 11.1 Å². The summed E-state index contributed by atoms with van der Waals surface area (Å²) < 4.78 is 6.07. The molecule has 1 N–H and O–H groups in total. The van der Waals surface area contributed by atoms with Crippen LogP contribution < -0.4 is 0 Å². The highest BCUT2D eigenvalue weighted by atomic mass is 32.1. The Morgan fingerprint density at radius 1 is 1.50 bits per heavy atom. The number of carbonyl (C=O) groups is 1. The van der Waals surface area contributed by atoms with Gasteiger partial charge < -0.3 is 14.6 Å². The Labute approximate surface area is 120 Å². The predicted octanol–water partition coefficient (Wildman–Crippen LogP) is 2.07. The van der Waals surface area contributed by atoms with Gasteiger partial charge in [-0.05, 0) is 12.5 Å². The number of ether oxygens (including phenoxy) is 1. The molecule has 0 bridgehead atoms. The number of hydrogen-bond donors (Lipinski definition) is 1. The Morgan fingerprint density at radius 3 is 3.15 bits per heavy atom. The summed E-state index contributed by atoms with van der Waals surface area (Å²) >= 11 is 1.64. The number of amides is 1. The molecule has 2 fully saturated rings. The smallest absolute Gasteiger partial charge is 0.255 e. The van der Waals surface area contributed by atoms with Crippen molar-refractivity contribution in [1.82, 2.24) is 14.9 Å². The Hall–Kier alpha value is -1.66. The molecule has 0 aliphatic carbocycles. The minimum absolute atomic E-state index is 0.0926. The zero-order chi connectivity index (χ0) is 13.5. The monoisotopic (exact) mass is 289 g/mol. The van der Waals surface area contributed by atoms with E-state index >= 15 is 0 Å². The molecule has 5 nitrogen and oxygen atoms in total. The van der Waals surface area contributed by atoms with Gasteiger partial charge in [-0.1, -0.05) is 0 Å². The van der Waals surface area contributed by atoms with Crippen LogP contribution in [0.15, 0.2) is 30.0 Å². The quantitative estimate of drug-likeness (QED) is 0.921. The summed E-state index contributed by atoms with van der Waals surface area (Å²) in [5, 5.41) is 3.04. The van der Waals surface area contributed by atoms with E-state index in [1.54, 1.807) is 23.7 Å². The lowest BCUT2D eigenvalue weighted by molar-refractivity contribution is 0.0354. The second kappa shape index (κ2) is 4.71. The maximum atomic E-state index is 12.3. The van der Waals surface area contributed by atoms with Crippen LogP contribution in [0.1, 0.15) is 27.9 Å². The van der Waals surface area contributed by atoms with Gasteiger partial charge in [-0.3, -0.25) is 4.79 Å². The third-order valence-electron chi connectivity index (χ3n) is 4.10. The van der Waals surface area contributed by atoms with E-state index in [9.17, 15) is 4.79 Å². The third-order valence-corrected chi connectivity index (χ3v) is 4.96. The van der Waals surface area contributed by atoms with Crippen molar-refractivity contribution in [3.8, 4) is 0 Å². The first-order chi connectivity index (χ1) is 9.81. The van der Waals surface area contributed by atoms with Crippen LogP contribution in [0, 0.1) is 5.92 Å². The third kappa shape index (κ3) is 1.96. The van der Waals surface area contributed by atoms with Crippen LogP contribution in [0.3, 0.4) is 0 Å². The van der Waals surface area contributed by atoms with Gasteiger partial charge in [0.15, 0.2) is 0 Å². The van der Waals surface area contributed by atoms with Gasteiger partial charge in [-0.15, -0.1) is 11.3 Å². The molecule has 4 rings (SSSR count). The minimum Gasteiger partial charge on any atom is -0.367 e. The number of aromatic amines is 1. The number of H-pyrrole nitrogens is 1. The molecule has 2 saturated heterocycles. The summed E-state index contributed by atoms with van der Waals surface area (Å²) in [5.74, 6) is 0.529. The first-order valence-corrected chi connectivity index (χ1v) is 7.66. The fraction of sp³-hybridized carbons (Fsp3) is 0.429. The lowest BCUT2D eigenvalue weighted by Gasteiger charge is -2.18. The zero-order valence-corrected chi connectivity index (χ0v) is 11.7. The average Bonchev–Trinajstić information content (AvgIpc) is 3.19. The van der Waals surface area contributed by atoms with Crippen molar-refractivity contribution < 1.29 is 9.53 Å². The van der Waals surface area contributed by atoms with Gasteiger partial charge >= 0.3 is 0 Å². The van der Waals surface area contributed by atoms with Gasteiger partial charge in [0.05, 0.1) is 11.7 Å². The largest absolute Gasteiger partial charge is 0.367 e. The van der Waals surface area contributed by atoms with Gasteiger partial charge in [0, 0.05) is 43.0 Å². The van der Waals surface area contributed by atoms with E-state index in [1.165, 1.54) is 0 Å². The number of rotatable bonds is 2. The zero-order valence-electron chi connectivity index (χ0n) is 10.9. The molecule has 2 aliphatic heterocycles. The van der Waals surface area contributed by atoms with Crippen molar-refractivity contribution in [2.24, 2.45) is 5.92 Å². The van der Waals surface area contributed by atoms with Crippen LogP contribution in [0.5, 0.6) is 0 Å². The topological polar surface area (TPSA) is 58.2 Å². The van der Waals surface area contributed by atoms with E-state index in [4.69, 9.17) is 4.74 Å². The molecule has 0 radical (unpaired) electrons. The van der Waals surface area contributed by atoms with Gasteiger partial charge in [0.25, 0.3) is 5.91 Å². The summed E-state index contributed by atoms with van der Waals surface area (Å²) in [5.41, 5.74) is 0.724. The molecular formula is C14H15N3O2S. The number of nitrogens with one attached hydrogen (secondary N) is 1. The number of likely N-dealkylation sites (tertiary alicyclic amines) is 1. The van der Waals surface area contributed by atoms with E-state index < -0.39 is 0 Å². The van der Waals surface area contributed by atoms with Crippen LogP contribution in [-0.4, -0.2) is 40.0 Å². The van der Waals surface area contributed by atoms with E-state index in [0.29, 0.717) is 12.5 Å². The maximum absolute atomic E-state index is 12.3. The van der Waals surface area contributed by atoms with Gasteiger partial charge in [0.2, 0.25) is 0 Å². The Bertz CT molecular complexity index is 582. The van der Waals surface area contributed by atoms with Crippen molar-refractivity contribution >= 4 is 17.2 Å². The number of carbonyl (C=O) groups excluding carboxylic acids is 1. The normalized spacial score (nSPS) is 28.8. The fourth-order valence-corrected chi connectivity index (χ4v) is 3.81. The van der Waals surface area contributed by atoms with Crippen LogP contribution >= 0.6 is 11.3 Å². The second-order valence-corrected chi connectivity index (χ2v) is 6.27. The molecular weight excluding hydrogens is 274 g/mol. The highest BCUT2D eigenvalue weighted by Gasteiger charge is 2.44. The summed E-state index contributed by atoms with van der Waals surface area (Å²) in [6.07, 6.45) is 6.59. The number of nitrogens with zero attached hydrogens (tertiary/aromatic N) is 2. The molecule has 2 aromatic heterocycles. The molecule has 6 heteroatoms. The van der Waals surface area contributed by atoms with E-state index in [0.717, 1.165) is 23.5 Å². The molecule has 4 heterocycles. The molecule has 2 aromatic rings. The Kier molecular flexibility index (Phi) is 2.85. The van der Waals surface area contributed by atoms with Crippen molar-refractivity contribution in [2.75, 3.05) is 13.1 Å². The summed E-state index contributed by atoms with van der Waals surface area (Å²) in [6.45, 7) is 1.48. The van der Waals surface area contributed by atoms with Crippen LogP contribution in [-0.2, 0) is 4.74 Å². The number of fused-ring (bicyclic) bond motifs is 1. The lowest BCUT2D eigenvalue weighted by atomic mass is 10.0. The molecule has 104 valence electrons. The van der Waals surface area contributed by atoms with Crippen molar-refractivity contribution in [3.63, 3.8) is 0 Å². The van der Waals surface area contributed by atoms with E-state index in [2.05, 4.69) is 9.97 Å². The average molecular weight is 289 g/mol. The van der Waals surface area contributed by atoms with Crippen molar-refractivity contribution in [2.45, 2.75) is 18.6 Å². The number of thiazole rings is 1. The van der Waals surface area contributed by atoms with Gasteiger partial charge in [-0.2, -0.15) is 0 Å². The number of aromatic nitrogens is 2. The fourth-order valence-electron chi connectivity index (χ4n) is 3.12. The maximum Gasteiger partial charge on any atom is 0.255 e. The Morgan fingerprint density at radius 2 is 2.45 bits per heavy atom. The first-order valence-electron chi connectivity index (χ1n) is 6.78. The van der Waals surface area contributed by atoms with Crippen LogP contribution in [0.4, 0.5) is 0 Å². The molecule has 3 atom stereocenters. The Balaban J connectivity index is 1.43. The van der Waals surface area contributed by atoms with Crippen LogP contribution in [0.25, 0.3) is 0 Å². The van der Waals surface area contributed by atoms with E-state index in [1.807, 2.05) is 22.5 Å². The molecule has 0 spiro atoms. The summed E-state index contributed by atoms with van der Waals surface area (Å²) in [6, 6.07) is 1.82. The van der Waals surface area contributed by atoms with E-state index in [-0.39, 0.29) is 18.1 Å².